The van der Waals surface area contributed by atoms with Gasteiger partial charge < -0.3 is 31.6 Å². The minimum atomic E-state index is -1.47. The molecule has 12 nitrogen and oxygen atoms in total. The van der Waals surface area contributed by atoms with E-state index < -0.39 is 46.6 Å². The quantitative estimate of drug-likeness (QED) is 0.0832. The van der Waals surface area contributed by atoms with Gasteiger partial charge in [-0.2, -0.15) is 4.98 Å². The molecule has 1 aromatic heterocycles. The fourth-order valence-electron chi connectivity index (χ4n) is 4.09. The number of hydrogen-bond donors (Lipinski definition) is 7. The molecule has 15 heteroatoms. The number of H-pyrrole nitrogens is 1. The van der Waals surface area contributed by atoms with Gasteiger partial charge in [0.15, 0.2) is 17.6 Å². The van der Waals surface area contributed by atoms with Gasteiger partial charge in [0, 0.05) is 38.4 Å². The number of nitrogens with zero attached hydrogens (tertiary/aromatic N) is 2. The van der Waals surface area contributed by atoms with E-state index in [1.165, 1.54) is 6.20 Å². The maximum absolute atomic E-state index is 13.9. The summed E-state index contributed by atoms with van der Waals surface area (Å²) in [6.45, 7) is 1.96. The number of carbonyl (C=O) groups excluding carboxylic acids is 2. The monoisotopic (exact) mass is 571 g/mol. The topological polar surface area (TPSA) is 181 Å². The number of nitrogens with one attached hydrogen (secondary N) is 6. The van der Waals surface area contributed by atoms with Crippen molar-refractivity contribution in [1.29, 1.82) is 5.41 Å². The zero-order valence-electron chi connectivity index (χ0n) is 21.7. The van der Waals surface area contributed by atoms with Crippen LogP contribution in [0.5, 0.6) is 0 Å². The molecule has 1 fully saturated rings. The van der Waals surface area contributed by atoms with E-state index in [1.807, 2.05) is 12.1 Å². The molecular formula is C26H28F3N9O3. The predicted octanol–water partition coefficient (Wildman–Crippen LogP) is 1.46. The lowest BCUT2D eigenvalue weighted by molar-refractivity contribution is 0.0573. The van der Waals surface area contributed by atoms with Gasteiger partial charge >= 0.3 is 6.03 Å². The molecule has 0 aliphatic carbocycles. The first-order chi connectivity index (χ1) is 19.6. The summed E-state index contributed by atoms with van der Waals surface area (Å²) in [5.41, 5.74) is 5.89. The molecular weight excluding hydrogens is 543 g/mol. The van der Waals surface area contributed by atoms with Crippen molar-refractivity contribution >= 4 is 23.8 Å². The second-order valence-corrected chi connectivity index (χ2v) is 9.29. The summed E-state index contributed by atoms with van der Waals surface area (Å²) >= 11 is 0. The summed E-state index contributed by atoms with van der Waals surface area (Å²) < 4.78 is 40.7. The molecule has 2 aromatic carbocycles. The molecule has 0 unspecified atom stereocenters. The highest BCUT2D eigenvalue weighted by molar-refractivity contribution is 5.95. The number of nitrogens with two attached hydrogens (primary N) is 1. The molecule has 0 saturated carbocycles. The average molecular weight is 572 g/mol. The summed E-state index contributed by atoms with van der Waals surface area (Å²) in [5, 5.41) is 18.1. The number of carbonyl (C=O) groups is 2. The van der Waals surface area contributed by atoms with Crippen LogP contribution in [0.4, 0.5) is 23.9 Å². The van der Waals surface area contributed by atoms with E-state index in [0.717, 1.165) is 23.4 Å². The van der Waals surface area contributed by atoms with Gasteiger partial charge in [0.1, 0.15) is 5.82 Å². The smallest absolute Gasteiger partial charge is 0.321 e. The Labute approximate surface area is 232 Å². The lowest BCUT2D eigenvalue weighted by atomic mass is 10.1. The van der Waals surface area contributed by atoms with Crippen LogP contribution in [0.2, 0.25) is 0 Å². The number of hydrogen-bond acceptors (Lipinski definition) is 6. The van der Waals surface area contributed by atoms with Crippen LogP contribution in [0.3, 0.4) is 0 Å². The fourth-order valence-corrected chi connectivity index (χ4v) is 4.09. The number of urea groups is 1. The van der Waals surface area contributed by atoms with Crippen LogP contribution >= 0.6 is 0 Å². The minimum Gasteiger partial charge on any atom is -0.370 e. The van der Waals surface area contributed by atoms with Gasteiger partial charge in [0.05, 0.1) is 17.2 Å². The maximum atomic E-state index is 13.9. The molecule has 0 atom stereocenters. The van der Waals surface area contributed by atoms with Crippen molar-refractivity contribution in [3.63, 3.8) is 0 Å². The van der Waals surface area contributed by atoms with Gasteiger partial charge in [-0.25, -0.2) is 18.0 Å². The summed E-state index contributed by atoms with van der Waals surface area (Å²) in [7, 11) is 0. The molecule has 4 rings (SSSR count). The Balaban J connectivity index is 1.24. The first-order valence-corrected chi connectivity index (χ1v) is 12.6. The van der Waals surface area contributed by atoms with Crippen LogP contribution in [-0.4, -0.2) is 65.0 Å². The Bertz CT molecular complexity index is 1490. The third-order valence-corrected chi connectivity index (χ3v) is 6.20. The summed E-state index contributed by atoms with van der Waals surface area (Å²) in [5.74, 6) is -5.04. The van der Waals surface area contributed by atoms with Crippen molar-refractivity contribution in [2.24, 2.45) is 5.73 Å². The van der Waals surface area contributed by atoms with E-state index in [2.05, 4.69) is 31.2 Å². The first-order valence-electron chi connectivity index (χ1n) is 12.6. The zero-order chi connectivity index (χ0) is 29.5. The van der Waals surface area contributed by atoms with Crippen molar-refractivity contribution in [1.82, 2.24) is 30.8 Å². The normalized spacial score (nSPS) is 12.9. The third-order valence-electron chi connectivity index (χ3n) is 6.20. The largest absolute Gasteiger partial charge is 0.370 e. The Hall–Kier alpha value is -4.92. The number of halogens is 3. The van der Waals surface area contributed by atoms with Crippen molar-refractivity contribution < 1.29 is 22.8 Å². The molecule has 1 aliphatic rings. The van der Waals surface area contributed by atoms with Crippen LogP contribution in [0.15, 0.2) is 47.4 Å². The first kappa shape index (κ1) is 29.1. The van der Waals surface area contributed by atoms with Gasteiger partial charge in [0.2, 0.25) is 5.95 Å². The molecule has 41 heavy (non-hydrogen) atoms. The number of rotatable bonds is 10. The fraction of sp³-hybridized carbons (Fsp3) is 0.269. The second-order valence-electron chi connectivity index (χ2n) is 9.29. The van der Waals surface area contributed by atoms with Crippen molar-refractivity contribution in [3.05, 3.63) is 81.5 Å². The van der Waals surface area contributed by atoms with Gasteiger partial charge in [-0.15, -0.1) is 0 Å². The minimum absolute atomic E-state index is 0.00466. The van der Waals surface area contributed by atoms with Crippen LogP contribution in [-0.2, 0) is 6.54 Å². The lowest BCUT2D eigenvalue weighted by Gasteiger charge is -2.39. The zero-order valence-corrected chi connectivity index (χ0v) is 21.7. The summed E-state index contributed by atoms with van der Waals surface area (Å²) in [6, 6.07) is 7.08. The SMILES string of the molecule is N=C(N)NCCCNCc1ccc(-c2c[nH]c(NC(=O)NC3CN(C(=O)c4cc(F)cc(F)c4F)C3)nc2=O)cc1. The van der Waals surface area contributed by atoms with Crippen molar-refractivity contribution in [2.45, 2.75) is 19.0 Å². The molecule has 1 saturated heterocycles. The molecule has 2 heterocycles. The summed E-state index contributed by atoms with van der Waals surface area (Å²) in [4.78, 5) is 45.0. The lowest BCUT2D eigenvalue weighted by Crippen LogP contribution is -2.61. The number of aromatic nitrogens is 2. The molecule has 0 bridgehead atoms. The van der Waals surface area contributed by atoms with Gasteiger partial charge in [-0.05, 0) is 30.2 Å². The van der Waals surface area contributed by atoms with Gasteiger partial charge in [0.25, 0.3) is 11.5 Å². The average Bonchev–Trinajstić information content (AvgIpc) is 2.90. The van der Waals surface area contributed by atoms with Gasteiger partial charge in [-0.3, -0.25) is 20.3 Å². The predicted molar refractivity (Wildman–Crippen MR) is 145 cm³/mol. The Kier molecular flexibility index (Phi) is 9.19. The standard InChI is InChI=1S/C26H28F3N9O3/c27-16-8-18(21(29)20(28)9-16)23(40)38-12-17(13-38)35-26(41)37-25-34-11-19(22(39)36-25)15-4-2-14(3-5-15)10-32-6-1-7-33-24(30)31/h2-5,8-9,11,17,32H,1,6-7,10,12-13H2,(H4,30,31,33)(H3,34,35,36,37,39,41). The molecule has 216 valence electrons. The number of amides is 3. The van der Waals surface area contributed by atoms with Crippen LogP contribution in [0.25, 0.3) is 11.1 Å². The highest BCUT2D eigenvalue weighted by Crippen LogP contribution is 2.20. The highest BCUT2D eigenvalue weighted by Gasteiger charge is 2.34. The van der Waals surface area contributed by atoms with E-state index in [-0.39, 0.29) is 25.0 Å². The highest BCUT2D eigenvalue weighted by atomic mass is 19.2. The Morgan fingerprint density at radius 2 is 1.85 bits per heavy atom. The number of guanidine groups is 1. The van der Waals surface area contributed by atoms with E-state index in [4.69, 9.17) is 11.1 Å². The maximum Gasteiger partial charge on any atom is 0.321 e. The number of benzene rings is 2. The molecule has 8 N–H and O–H groups in total. The Morgan fingerprint density at radius 1 is 1.12 bits per heavy atom. The van der Waals surface area contributed by atoms with Crippen LogP contribution in [0, 0.1) is 22.9 Å². The third kappa shape index (κ3) is 7.60. The number of anilines is 1. The van der Waals surface area contributed by atoms with E-state index >= 15 is 0 Å². The second kappa shape index (κ2) is 13.0. The molecule has 3 aromatic rings. The summed E-state index contributed by atoms with van der Waals surface area (Å²) in [6.07, 6.45) is 2.23. The molecule has 0 radical (unpaired) electrons. The van der Waals surface area contributed by atoms with E-state index in [9.17, 15) is 27.6 Å². The van der Waals surface area contributed by atoms with E-state index in [0.29, 0.717) is 36.3 Å². The van der Waals surface area contributed by atoms with Crippen LogP contribution in [0.1, 0.15) is 22.3 Å². The number of aromatic amines is 1. The molecule has 3 amide bonds. The van der Waals surface area contributed by atoms with Crippen LogP contribution < -0.4 is 32.6 Å². The Morgan fingerprint density at radius 3 is 2.54 bits per heavy atom. The molecule has 0 spiro atoms. The van der Waals surface area contributed by atoms with Crippen molar-refractivity contribution in [3.8, 4) is 11.1 Å². The molecule has 1 aliphatic heterocycles. The van der Waals surface area contributed by atoms with Crippen molar-refractivity contribution in [2.75, 3.05) is 31.5 Å². The van der Waals surface area contributed by atoms with E-state index in [1.54, 1.807) is 12.1 Å². The number of likely N-dealkylation sites (tertiary alicyclic amines) is 1. The van der Waals surface area contributed by atoms with Gasteiger partial charge in [-0.1, -0.05) is 24.3 Å².